The summed E-state index contributed by atoms with van der Waals surface area (Å²) in [4.78, 5) is 28.0. The molecule has 200 valence electrons. The minimum Gasteiger partial charge on any atom is -0.376 e. The molecule has 2 aromatic rings. The molecule has 1 heterocycles. The van der Waals surface area contributed by atoms with Gasteiger partial charge in [0, 0.05) is 19.3 Å². The van der Waals surface area contributed by atoms with Crippen LogP contribution >= 0.6 is 0 Å². The molecule has 1 aliphatic heterocycles. The minimum atomic E-state index is -4.90. The topological polar surface area (TPSA) is 125 Å². The first-order chi connectivity index (χ1) is 17.2. The molecular weight excluding hydrogens is 515 g/mol. The fourth-order valence-electron chi connectivity index (χ4n) is 4.32. The molecule has 0 aromatic heterocycles. The number of carbonyl (C=O) groups excluding carboxylic acids is 2. The highest BCUT2D eigenvalue weighted by atomic mass is 32.2. The quantitative estimate of drug-likeness (QED) is 0.495. The molecule has 0 bridgehead atoms. The number of anilines is 1. The third-order valence-electron chi connectivity index (χ3n) is 6.90. The number of fused-ring (bicyclic) bond motifs is 1. The predicted octanol–water partition coefficient (Wildman–Crippen LogP) is 2.57. The Hall–Kier alpha value is -3.00. The molecule has 0 saturated heterocycles. The lowest BCUT2D eigenvalue weighted by Gasteiger charge is -2.28. The van der Waals surface area contributed by atoms with Gasteiger partial charge in [-0.15, -0.1) is 0 Å². The molecule has 0 spiro atoms. The molecule has 2 aliphatic rings. The second-order valence-electron chi connectivity index (χ2n) is 9.24. The number of carbonyl (C=O) groups is 2. The van der Waals surface area contributed by atoms with Gasteiger partial charge in [-0.3, -0.25) is 9.59 Å². The zero-order valence-electron chi connectivity index (χ0n) is 20.2. The van der Waals surface area contributed by atoms with Crippen molar-refractivity contribution in [2.45, 2.75) is 54.6 Å². The molecule has 2 atom stereocenters. The summed E-state index contributed by atoms with van der Waals surface area (Å²) in [6, 6.07) is 7.60. The van der Waals surface area contributed by atoms with Gasteiger partial charge in [0.15, 0.2) is 5.60 Å². The first kappa shape index (κ1) is 27.0. The number of hydrogen-bond donors (Lipinski definition) is 3. The number of amides is 2. The van der Waals surface area contributed by atoms with Crippen LogP contribution in [0.1, 0.15) is 42.5 Å². The lowest BCUT2D eigenvalue weighted by atomic mass is 9.95. The Morgan fingerprint density at radius 3 is 2.27 bits per heavy atom. The van der Waals surface area contributed by atoms with Gasteiger partial charge in [0.1, 0.15) is 11.6 Å². The number of aliphatic hydroxyl groups is 1. The monoisotopic (exact) mass is 541 g/mol. The van der Waals surface area contributed by atoms with Crippen molar-refractivity contribution in [2.75, 3.05) is 19.5 Å². The molecule has 1 saturated carbocycles. The van der Waals surface area contributed by atoms with Gasteiger partial charge in [-0.1, -0.05) is 18.2 Å². The average molecular weight is 542 g/mol. The Kier molecular flexibility index (Phi) is 6.64. The summed E-state index contributed by atoms with van der Waals surface area (Å²) in [5, 5.41) is 12.5. The molecule has 37 heavy (non-hydrogen) atoms. The lowest BCUT2D eigenvalue weighted by molar-refractivity contribution is -0.258. The van der Waals surface area contributed by atoms with Gasteiger partial charge in [0.25, 0.3) is 11.8 Å². The van der Waals surface area contributed by atoms with Crippen molar-refractivity contribution in [2.24, 2.45) is 0 Å². The van der Waals surface area contributed by atoms with E-state index in [1.165, 1.54) is 49.4 Å². The number of sulfonamides is 1. The Morgan fingerprint density at radius 2 is 1.76 bits per heavy atom. The van der Waals surface area contributed by atoms with Crippen LogP contribution in [0.5, 0.6) is 0 Å². The summed E-state index contributed by atoms with van der Waals surface area (Å²) in [6.45, 7) is 0.601. The molecule has 0 radical (unpaired) electrons. The first-order valence-electron chi connectivity index (χ1n) is 11.3. The molecule has 2 amide bonds. The van der Waals surface area contributed by atoms with E-state index in [-0.39, 0.29) is 17.1 Å². The number of rotatable bonds is 7. The Morgan fingerprint density at radius 1 is 1.14 bits per heavy atom. The zero-order chi connectivity index (χ0) is 27.4. The van der Waals surface area contributed by atoms with Crippen LogP contribution < -0.4 is 10.0 Å². The van der Waals surface area contributed by atoms with E-state index in [4.69, 9.17) is 4.74 Å². The average Bonchev–Trinajstić information content (AvgIpc) is 3.55. The number of benzene rings is 2. The summed E-state index contributed by atoms with van der Waals surface area (Å²) in [5.41, 5.74) is -3.50. The van der Waals surface area contributed by atoms with Crippen LogP contribution in [0.15, 0.2) is 47.4 Å². The third kappa shape index (κ3) is 4.72. The van der Waals surface area contributed by atoms with Gasteiger partial charge in [-0.2, -0.15) is 13.2 Å². The van der Waals surface area contributed by atoms with E-state index in [0.717, 1.165) is 12.1 Å². The number of halogens is 3. The van der Waals surface area contributed by atoms with Crippen LogP contribution in [0.2, 0.25) is 0 Å². The van der Waals surface area contributed by atoms with Crippen LogP contribution in [0.4, 0.5) is 18.9 Å². The molecule has 13 heteroatoms. The number of alkyl halides is 3. The van der Waals surface area contributed by atoms with Gasteiger partial charge >= 0.3 is 6.18 Å². The summed E-state index contributed by atoms with van der Waals surface area (Å²) < 4.78 is 71.6. The van der Waals surface area contributed by atoms with Crippen LogP contribution in [-0.2, 0) is 36.5 Å². The number of nitrogens with zero attached hydrogens (tertiary/aromatic N) is 1. The lowest BCUT2D eigenvalue weighted by Crippen LogP contribution is -2.44. The number of nitrogens with one attached hydrogen (secondary N) is 2. The normalized spacial score (nSPS) is 20.2. The summed E-state index contributed by atoms with van der Waals surface area (Å²) in [7, 11) is -1.10. The maximum Gasteiger partial charge on any atom is 0.421 e. The minimum absolute atomic E-state index is 0.0256. The highest BCUT2D eigenvalue weighted by molar-refractivity contribution is 7.89. The fourth-order valence-corrected chi connectivity index (χ4v) is 5.10. The van der Waals surface area contributed by atoms with Crippen molar-refractivity contribution in [1.29, 1.82) is 0 Å². The maximum absolute atomic E-state index is 13.4. The Balaban J connectivity index is 1.65. The maximum atomic E-state index is 13.4. The summed E-state index contributed by atoms with van der Waals surface area (Å²) >= 11 is 0. The van der Waals surface area contributed by atoms with Crippen LogP contribution in [0.25, 0.3) is 0 Å². The van der Waals surface area contributed by atoms with E-state index in [1.807, 2.05) is 0 Å². The third-order valence-corrected chi connectivity index (χ3v) is 8.31. The van der Waals surface area contributed by atoms with Gasteiger partial charge in [-0.05, 0) is 67.8 Å². The molecule has 3 N–H and O–H groups in total. The fraction of sp³-hybridized carbons (Fsp3) is 0.417. The largest absolute Gasteiger partial charge is 0.421 e. The van der Waals surface area contributed by atoms with Crippen molar-refractivity contribution in [3.63, 3.8) is 0 Å². The standard InChI is InChI=1S/C24H26F3N3O6S/c1-22(33,24(25,26)27)15-4-6-16(7-5-15)29-20(31)19-18-9-8-17(37(34,35)28-2)12-14(18)13-30(19)21(32)23(36-3)10-11-23/h4-9,12,19,28,33H,10-11,13H2,1-3H3,(H,29,31). The van der Waals surface area contributed by atoms with Crippen LogP contribution in [-0.4, -0.2) is 56.2 Å². The molecule has 1 fully saturated rings. The number of methoxy groups -OCH3 is 1. The molecule has 1 aliphatic carbocycles. The second kappa shape index (κ2) is 9.08. The van der Waals surface area contributed by atoms with Gasteiger partial charge in [-0.25, -0.2) is 13.1 Å². The number of ether oxygens (including phenoxy) is 1. The first-order valence-corrected chi connectivity index (χ1v) is 12.8. The summed E-state index contributed by atoms with van der Waals surface area (Å²) in [5.74, 6) is -1.06. The van der Waals surface area contributed by atoms with Crippen molar-refractivity contribution in [3.8, 4) is 0 Å². The number of hydrogen-bond acceptors (Lipinski definition) is 6. The molecule has 2 unspecified atom stereocenters. The van der Waals surface area contributed by atoms with E-state index in [9.17, 15) is 36.3 Å². The smallest absolute Gasteiger partial charge is 0.376 e. The molecule has 4 rings (SSSR count). The van der Waals surface area contributed by atoms with Crippen LogP contribution in [0, 0.1) is 0 Å². The van der Waals surface area contributed by atoms with Crippen molar-refractivity contribution < 1.29 is 41.0 Å². The van der Waals surface area contributed by atoms with Crippen molar-refractivity contribution in [1.82, 2.24) is 9.62 Å². The van der Waals surface area contributed by atoms with E-state index in [0.29, 0.717) is 30.9 Å². The molecular formula is C24H26F3N3O6S. The SMILES string of the molecule is CNS(=O)(=O)c1ccc2c(c1)CN(C(=O)C1(OC)CC1)C2C(=O)Nc1ccc(C(C)(O)C(F)(F)F)cc1. The van der Waals surface area contributed by atoms with Gasteiger partial charge in [0.05, 0.1) is 4.90 Å². The van der Waals surface area contributed by atoms with Gasteiger partial charge < -0.3 is 20.1 Å². The van der Waals surface area contributed by atoms with E-state index in [1.54, 1.807) is 0 Å². The van der Waals surface area contributed by atoms with Crippen molar-refractivity contribution in [3.05, 3.63) is 59.2 Å². The second-order valence-corrected chi connectivity index (χ2v) is 11.1. The van der Waals surface area contributed by atoms with E-state index >= 15 is 0 Å². The summed E-state index contributed by atoms with van der Waals surface area (Å²) in [6.07, 6.45) is -3.95. The Bertz CT molecular complexity index is 1340. The molecule has 9 nitrogen and oxygen atoms in total. The highest BCUT2D eigenvalue weighted by Gasteiger charge is 2.55. The van der Waals surface area contributed by atoms with Gasteiger partial charge in [0.2, 0.25) is 10.0 Å². The van der Waals surface area contributed by atoms with Crippen LogP contribution in [0.3, 0.4) is 0 Å². The van der Waals surface area contributed by atoms with E-state index in [2.05, 4.69) is 10.0 Å². The van der Waals surface area contributed by atoms with E-state index < -0.39 is 50.8 Å². The predicted molar refractivity (Wildman–Crippen MR) is 126 cm³/mol. The zero-order valence-corrected chi connectivity index (χ0v) is 21.0. The Labute approximate surface area is 211 Å². The molecule has 2 aromatic carbocycles. The highest BCUT2D eigenvalue weighted by Crippen LogP contribution is 2.45. The van der Waals surface area contributed by atoms with Crippen molar-refractivity contribution >= 4 is 27.5 Å².